The predicted octanol–water partition coefficient (Wildman–Crippen LogP) is 4.90. The highest BCUT2D eigenvalue weighted by atomic mass is 35.5. The third kappa shape index (κ3) is 24.0. The minimum Gasteiger partial charge on any atom is -0.523 e. The molecule has 0 saturated carbocycles. The first kappa shape index (κ1) is 32.6. The summed E-state index contributed by atoms with van der Waals surface area (Å²) in [6.07, 6.45) is 1.36. The SMILES string of the molecule is CCC(=O)Cl.[C-]#[N+]/C(C#N)=C(/O)CC.[C-]#[N+]/C(C#N)=C(\CC)OC.[C-]#[N+]CC#N. The molecule has 0 saturated heterocycles. The van der Waals surface area contributed by atoms with E-state index in [9.17, 15) is 4.79 Å². The van der Waals surface area contributed by atoms with Gasteiger partial charge in [-0.2, -0.15) is 5.26 Å². The molecule has 0 spiro atoms. The van der Waals surface area contributed by atoms with Gasteiger partial charge in [-0.1, -0.05) is 20.8 Å². The fourth-order valence-corrected chi connectivity index (χ4v) is 0.915. The number of halogens is 1. The Bertz CT molecular complexity index is 756. The molecule has 0 rings (SSSR count). The summed E-state index contributed by atoms with van der Waals surface area (Å²) in [5.41, 5.74) is -0.164. The topological polar surface area (TPSA) is 131 Å². The summed E-state index contributed by atoms with van der Waals surface area (Å²) in [4.78, 5) is 18.1. The number of hydrogen-bond donors (Lipinski definition) is 1. The molecule has 0 atom stereocenters. The molecule has 29 heavy (non-hydrogen) atoms. The Kier molecular flexibility index (Phi) is 29.5. The summed E-state index contributed by atoms with van der Waals surface area (Å²) >= 11 is 4.82. The monoisotopic (exact) mass is 416 g/mol. The summed E-state index contributed by atoms with van der Waals surface area (Å²) < 4.78 is 4.79. The molecular formula is C19H21ClN6O3. The number of ether oxygens (including phenoxy) is 1. The lowest BCUT2D eigenvalue weighted by Crippen LogP contribution is -1.87. The molecule has 0 aliphatic carbocycles. The normalized spacial score (nSPS) is 9.21. The zero-order chi connectivity index (χ0) is 23.7. The van der Waals surface area contributed by atoms with Crippen LogP contribution < -0.4 is 0 Å². The van der Waals surface area contributed by atoms with Crippen molar-refractivity contribution >= 4 is 16.8 Å². The van der Waals surface area contributed by atoms with Gasteiger partial charge in [0, 0.05) is 6.42 Å². The first-order valence-electron chi connectivity index (χ1n) is 7.87. The van der Waals surface area contributed by atoms with E-state index in [0.717, 1.165) is 0 Å². The third-order valence-corrected chi connectivity index (χ3v) is 2.57. The van der Waals surface area contributed by atoms with E-state index >= 15 is 0 Å². The van der Waals surface area contributed by atoms with E-state index in [1.807, 2.05) is 6.92 Å². The van der Waals surface area contributed by atoms with Crippen molar-refractivity contribution in [2.75, 3.05) is 13.7 Å². The number of aliphatic hydroxyl groups is 1. The maximum atomic E-state index is 9.58. The van der Waals surface area contributed by atoms with Gasteiger partial charge in [0.2, 0.25) is 5.24 Å². The summed E-state index contributed by atoms with van der Waals surface area (Å²) in [7, 11) is 1.46. The van der Waals surface area contributed by atoms with Crippen LogP contribution in [-0.4, -0.2) is 24.0 Å². The average Bonchev–Trinajstić information content (AvgIpc) is 2.74. The van der Waals surface area contributed by atoms with Gasteiger partial charge in [0.25, 0.3) is 17.9 Å². The lowest BCUT2D eigenvalue weighted by atomic mass is 10.3. The van der Waals surface area contributed by atoms with Gasteiger partial charge in [-0.25, -0.2) is 26.8 Å². The Morgan fingerprint density at radius 2 is 1.45 bits per heavy atom. The van der Waals surface area contributed by atoms with Crippen LogP contribution in [0, 0.1) is 53.7 Å². The summed E-state index contributed by atoms with van der Waals surface area (Å²) in [5.74, 6) is 0.324. The second-order valence-electron chi connectivity index (χ2n) is 4.11. The molecule has 0 aromatic heterocycles. The minimum atomic E-state index is -0.273. The van der Waals surface area contributed by atoms with E-state index in [4.69, 9.17) is 56.9 Å². The molecule has 0 aliphatic rings. The Morgan fingerprint density at radius 3 is 1.52 bits per heavy atom. The maximum Gasteiger partial charge on any atom is 0.298 e. The Balaban J connectivity index is -0.000000151. The van der Waals surface area contributed by atoms with Crippen molar-refractivity contribution in [2.24, 2.45) is 0 Å². The van der Waals surface area contributed by atoms with Crippen LogP contribution in [0.5, 0.6) is 0 Å². The van der Waals surface area contributed by atoms with Crippen molar-refractivity contribution in [3.05, 3.63) is 57.2 Å². The van der Waals surface area contributed by atoms with Crippen molar-refractivity contribution < 1.29 is 14.6 Å². The largest absolute Gasteiger partial charge is 0.523 e. The van der Waals surface area contributed by atoms with Crippen molar-refractivity contribution in [1.82, 2.24) is 0 Å². The van der Waals surface area contributed by atoms with Crippen LogP contribution in [0.3, 0.4) is 0 Å². The van der Waals surface area contributed by atoms with Crippen LogP contribution in [0.2, 0.25) is 0 Å². The number of carbonyl (C=O) groups is 1. The second kappa shape index (κ2) is 26.2. The maximum absolute atomic E-state index is 9.58. The summed E-state index contributed by atoms with van der Waals surface area (Å²) in [5, 5.41) is 32.6. The lowest BCUT2D eigenvalue weighted by Gasteiger charge is -2.00. The smallest absolute Gasteiger partial charge is 0.298 e. The van der Waals surface area contributed by atoms with Gasteiger partial charge >= 0.3 is 0 Å². The lowest BCUT2D eigenvalue weighted by molar-refractivity contribution is -0.111. The predicted molar refractivity (Wildman–Crippen MR) is 107 cm³/mol. The van der Waals surface area contributed by atoms with Gasteiger partial charge in [0.15, 0.2) is 0 Å². The molecule has 152 valence electrons. The number of carbonyl (C=O) groups excluding carboxylic acids is 1. The summed E-state index contributed by atoms with van der Waals surface area (Å²) in [6.45, 7) is 24.2. The molecule has 0 aliphatic heterocycles. The first-order valence-corrected chi connectivity index (χ1v) is 8.25. The molecule has 0 unspecified atom stereocenters. The number of rotatable bonds is 4. The molecule has 0 fully saturated rings. The minimum absolute atomic E-state index is 0.0139. The van der Waals surface area contributed by atoms with Crippen molar-refractivity contribution in [3.63, 3.8) is 0 Å². The second-order valence-corrected chi connectivity index (χ2v) is 4.53. The van der Waals surface area contributed by atoms with Crippen molar-refractivity contribution in [1.29, 1.82) is 15.8 Å². The van der Waals surface area contributed by atoms with E-state index in [2.05, 4.69) is 14.5 Å². The number of hydrogen-bond acceptors (Lipinski definition) is 6. The van der Waals surface area contributed by atoms with E-state index < -0.39 is 0 Å². The number of aliphatic hydroxyl groups excluding tert-OH is 1. The zero-order valence-corrected chi connectivity index (χ0v) is 17.4. The molecule has 9 nitrogen and oxygen atoms in total. The van der Waals surface area contributed by atoms with Crippen molar-refractivity contribution in [3.8, 4) is 18.2 Å². The number of methoxy groups -OCH3 is 1. The standard InChI is InChI=1S/C7H8N2O.C6H6N2O.C3H5ClO.C3H2N2/c1-4-7(10-3)6(5-8)9-2;1-3-6(9)5(4-7)8-2;1-2-3(4)5;1-5-3-2-4/h4H2,1,3H3;9H,3H2,1H3;2H2,1H3;3H2/b7-6+;6-5+;;. The molecule has 0 radical (unpaired) electrons. The molecular weight excluding hydrogens is 396 g/mol. The highest BCUT2D eigenvalue weighted by Gasteiger charge is 2.02. The van der Waals surface area contributed by atoms with Crippen LogP contribution in [0.25, 0.3) is 14.5 Å². The van der Waals surface area contributed by atoms with E-state index in [-0.39, 0.29) is 28.9 Å². The number of nitrogens with zero attached hydrogens (tertiary/aromatic N) is 6. The van der Waals surface area contributed by atoms with Gasteiger partial charge in [0.1, 0.15) is 17.6 Å². The van der Waals surface area contributed by atoms with Crippen LogP contribution in [0.15, 0.2) is 22.9 Å². The number of allylic oxidation sites excluding steroid dienone is 4. The van der Waals surface area contributed by atoms with Gasteiger partial charge < -0.3 is 14.7 Å². The average molecular weight is 417 g/mol. The van der Waals surface area contributed by atoms with Gasteiger partial charge in [-0.05, 0) is 24.4 Å². The highest BCUT2D eigenvalue weighted by molar-refractivity contribution is 6.63. The molecule has 0 amide bonds. The molecule has 0 aromatic carbocycles. The molecule has 0 heterocycles. The molecule has 10 heteroatoms. The van der Waals surface area contributed by atoms with Crippen LogP contribution in [0.4, 0.5) is 0 Å². The van der Waals surface area contributed by atoms with Crippen LogP contribution >= 0.6 is 11.6 Å². The Morgan fingerprint density at radius 1 is 1.00 bits per heavy atom. The third-order valence-electron chi connectivity index (χ3n) is 2.30. The molecule has 0 aromatic rings. The number of nitriles is 3. The van der Waals surface area contributed by atoms with Gasteiger partial charge in [-0.3, -0.25) is 4.79 Å². The van der Waals surface area contributed by atoms with E-state index in [1.54, 1.807) is 32.1 Å². The van der Waals surface area contributed by atoms with Crippen molar-refractivity contribution in [2.45, 2.75) is 40.0 Å². The van der Waals surface area contributed by atoms with Crippen LogP contribution in [0.1, 0.15) is 40.0 Å². The van der Waals surface area contributed by atoms with E-state index in [0.29, 0.717) is 25.0 Å². The van der Waals surface area contributed by atoms with Gasteiger partial charge in [0.05, 0.1) is 32.4 Å². The summed E-state index contributed by atoms with van der Waals surface area (Å²) in [6, 6.07) is 5.00. The first-order chi connectivity index (χ1) is 13.7. The van der Waals surface area contributed by atoms with E-state index in [1.165, 1.54) is 7.11 Å². The van der Waals surface area contributed by atoms with Crippen LogP contribution in [-0.2, 0) is 9.53 Å². The zero-order valence-electron chi connectivity index (χ0n) is 16.7. The fourth-order valence-electron chi connectivity index (χ4n) is 0.915. The highest BCUT2D eigenvalue weighted by Crippen LogP contribution is 2.09. The quantitative estimate of drug-likeness (QED) is 0.228. The fraction of sp³-hybridized carbons (Fsp3) is 0.421. The Hall–Kier alpha value is -4.02. The molecule has 0 bridgehead atoms. The molecule has 1 N–H and O–H groups in total. The Labute approximate surface area is 176 Å². The van der Waals surface area contributed by atoms with Gasteiger partial charge in [-0.15, -0.1) is 0 Å².